The van der Waals surface area contributed by atoms with Crippen LogP contribution >= 0.6 is 0 Å². The third kappa shape index (κ3) is 4.47. The van der Waals surface area contributed by atoms with Gasteiger partial charge < -0.3 is 10.1 Å². The van der Waals surface area contributed by atoms with Gasteiger partial charge in [0.1, 0.15) is 6.04 Å². The zero-order chi connectivity index (χ0) is 19.4. The van der Waals surface area contributed by atoms with Gasteiger partial charge in [0.15, 0.2) is 0 Å². The molecule has 1 amide bonds. The van der Waals surface area contributed by atoms with Crippen molar-refractivity contribution in [2.75, 3.05) is 7.11 Å². The van der Waals surface area contributed by atoms with Crippen molar-refractivity contribution < 1.29 is 14.3 Å². The minimum absolute atomic E-state index is 0.195. The molecule has 0 aliphatic rings. The van der Waals surface area contributed by atoms with E-state index >= 15 is 0 Å². The second-order valence-electron chi connectivity index (χ2n) is 6.48. The minimum atomic E-state index is -0.848. The highest BCUT2D eigenvalue weighted by molar-refractivity contribution is 5.97. The van der Waals surface area contributed by atoms with E-state index in [-0.39, 0.29) is 12.3 Å². The smallest absolute Gasteiger partial charge is 0.328 e. The van der Waals surface area contributed by atoms with Gasteiger partial charge in [-0.25, -0.2) is 9.78 Å². The average molecular weight is 363 g/mol. The fourth-order valence-corrected chi connectivity index (χ4v) is 2.99. The Kier molecular flexibility index (Phi) is 5.45. The predicted molar refractivity (Wildman–Crippen MR) is 102 cm³/mol. The van der Waals surface area contributed by atoms with Crippen LogP contribution in [0.5, 0.6) is 0 Å². The number of carbonyl (C=O) groups is 2. The maximum atomic E-state index is 12.6. The number of para-hydroxylation sites is 2. The molecular formula is C21H21N3O3. The van der Waals surface area contributed by atoms with Gasteiger partial charge in [-0.05, 0) is 38.1 Å². The highest BCUT2D eigenvalue weighted by atomic mass is 16.5. The summed E-state index contributed by atoms with van der Waals surface area (Å²) in [5.74, 6) is -0.853. The molecule has 6 heteroatoms. The van der Waals surface area contributed by atoms with Gasteiger partial charge in [0, 0.05) is 18.2 Å². The number of hydrogen-bond acceptors (Lipinski definition) is 5. The lowest BCUT2D eigenvalue weighted by molar-refractivity contribution is -0.142. The summed E-state index contributed by atoms with van der Waals surface area (Å²) in [7, 11) is 1.30. The van der Waals surface area contributed by atoms with Gasteiger partial charge >= 0.3 is 5.97 Å². The van der Waals surface area contributed by atoms with Crippen molar-refractivity contribution in [2.45, 2.75) is 26.3 Å². The molecular weight excluding hydrogens is 342 g/mol. The maximum Gasteiger partial charge on any atom is 0.328 e. The van der Waals surface area contributed by atoms with Crippen LogP contribution in [0.1, 0.15) is 27.2 Å². The topological polar surface area (TPSA) is 81.2 Å². The predicted octanol–water partition coefficient (Wildman–Crippen LogP) is 2.76. The van der Waals surface area contributed by atoms with E-state index < -0.39 is 12.0 Å². The van der Waals surface area contributed by atoms with Crippen molar-refractivity contribution in [3.05, 3.63) is 71.0 Å². The summed E-state index contributed by atoms with van der Waals surface area (Å²) >= 11 is 0. The van der Waals surface area contributed by atoms with Crippen LogP contribution in [-0.2, 0) is 16.0 Å². The fraction of sp³-hybridized carbons (Fsp3) is 0.238. The Bertz CT molecular complexity index is 981. The molecule has 27 heavy (non-hydrogen) atoms. The van der Waals surface area contributed by atoms with Crippen LogP contribution in [0.4, 0.5) is 0 Å². The zero-order valence-corrected chi connectivity index (χ0v) is 15.5. The Morgan fingerprint density at radius 3 is 2.41 bits per heavy atom. The van der Waals surface area contributed by atoms with Crippen molar-refractivity contribution in [2.24, 2.45) is 0 Å². The maximum absolute atomic E-state index is 12.6. The van der Waals surface area contributed by atoms with Crippen LogP contribution in [0.3, 0.4) is 0 Å². The SMILES string of the molecule is COC(=O)[C@@H](Cc1cnc2ccccc2n1)NC(=O)c1cc(C)cc(C)c1. The van der Waals surface area contributed by atoms with Gasteiger partial charge in [-0.2, -0.15) is 0 Å². The van der Waals surface area contributed by atoms with E-state index in [2.05, 4.69) is 15.3 Å². The van der Waals surface area contributed by atoms with E-state index in [1.807, 2.05) is 44.2 Å². The molecule has 6 nitrogen and oxygen atoms in total. The number of ether oxygens (including phenoxy) is 1. The van der Waals surface area contributed by atoms with E-state index in [0.717, 1.165) is 22.2 Å². The first kappa shape index (κ1) is 18.5. The number of aromatic nitrogens is 2. The first-order valence-electron chi connectivity index (χ1n) is 8.64. The number of amides is 1. The van der Waals surface area contributed by atoms with Crippen LogP contribution < -0.4 is 5.32 Å². The van der Waals surface area contributed by atoms with E-state index in [9.17, 15) is 9.59 Å². The van der Waals surface area contributed by atoms with E-state index in [4.69, 9.17) is 4.74 Å². The molecule has 0 radical (unpaired) electrons. The van der Waals surface area contributed by atoms with Crippen LogP contribution in [-0.4, -0.2) is 35.0 Å². The highest BCUT2D eigenvalue weighted by Crippen LogP contribution is 2.12. The molecule has 3 aromatic rings. The lowest BCUT2D eigenvalue weighted by Gasteiger charge is -2.17. The van der Waals surface area contributed by atoms with Crippen LogP contribution in [0.25, 0.3) is 11.0 Å². The van der Waals surface area contributed by atoms with Crippen molar-refractivity contribution >= 4 is 22.9 Å². The summed E-state index contributed by atoms with van der Waals surface area (Å²) in [5.41, 5.74) is 4.58. The molecule has 1 atom stereocenters. The molecule has 1 N–H and O–H groups in total. The average Bonchev–Trinajstić information content (AvgIpc) is 2.66. The lowest BCUT2D eigenvalue weighted by atomic mass is 10.1. The molecule has 1 aromatic heterocycles. The highest BCUT2D eigenvalue weighted by Gasteiger charge is 2.23. The first-order chi connectivity index (χ1) is 13.0. The van der Waals surface area contributed by atoms with E-state index in [1.165, 1.54) is 7.11 Å². The number of benzene rings is 2. The Morgan fingerprint density at radius 2 is 1.74 bits per heavy atom. The molecule has 3 rings (SSSR count). The lowest BCUT2D eigenvalue weighted by Crippen LogP contribution is -2.43. The Labute approximate surface area is 157 Å². The number of carbonyl (C=O) groups excluding carboxylic acids is 2. The summed E-state index contributed by atoms with van der Waals surface area (Å²) in [6.45, 7) is 3.85. The molecule has 0 aliphatic heterocycles. The van der Waals surface area contributed by atoms with Gasteiger partial charge in [-0.3, -0.25) is 9.78 Å². The second-order valence-corrected chi connectivity index (χ2v) is 6.48. The van der Waals surface area contributed by atoms with Crippen molar-refractivity contribution in [3.63, 3.8) is 0 Å². The van der Waals surface area contributed by atoms with E-state index in [1.54, 1.807) is 18.3 Å². The summed E-state index contributed by atoms with van der Waals surface area (Å²) in [6, 6.07) is 12.2. The fourth-order valence-electron chi connectivity index (χ4n) is 2.99. The number of nitrogens with one attached hydrogen (secondary N) is 1. The van der Waals surface area contributed by atoms with Crippen LogP contribution in [0, 0.1) is 13.8 Å². The number of methoxy groups -OCH3 is 1. The number of nitrogens with zero attached hydrogens (tertiary/aromatic N) is 2. The molecule has 0 bridgehead atoms. The molecule has 0 unspecified atom stereocenters. The first-order valence-corrected chi connectivity index (χ1v) is 8.64. The van der Waals surface area contributed by atoms with Gasteiger partial charge in [-0.15, -0.1) is 0 Å². The second kappa shape index (κ2) is 7.95. The molecule has 0 fully saturated rings. The van der Waals surface area contributed by atoms with Crippen LogP contribution in [0.2, 0.25) is 0 Å². The van der Waals surface area contributed by atoms with E-state index in [0.29, 0.717) is 11.3 Å². The zero-order valence-electron chi connectivity index (χ0n) is 15.5. The Morgan fingerprint density at radius 1 is 1.07 bits per heavy atom. The number of hydrogen-bond donors (Lipinski definition) is 1. The Balaban J connectivity index is 1.82. The van der Waals surface area contributed by atoms with Gasteiger partial charge in [0.2, 0.25) is 0 Å². The van der Waals surface area contributed by atoms with Crippen molar-refractivity contribution in [1.29, 1.82) is 0 Å². The molecule has 0 saturated heterocycles. The summed E-state index contributed by atoms with van der Waals surface area (Å²) in [5, 5.41) is 2.75. The van der Waals surface area contributed by atoms with Gasteiger partial charge in [-0.1, -0.05) is 29.3 Å². The molecule has 0 spiro atoms. The summed E-state index contributed by atoms with van der Waals surface area (Å²) < 4.78 is 4.85. The number of aryl methyl sites for hydroxylation is 2. The quantitative estimate of drug-likeness (QED) is 0.705. The summed E-state index contributed by atoms with van der Waals surface area (Å²) in [4.78, 5) is 33.7. The van der Waals surface area contributed by atoms with Crippen molar-refractivity contribution in [3.8, 4) is 0 Å². The monoisotopic (exact) mass is 363 g/mol. The largest absolute Gasteiger partial charge is 0.467 e. The number of rotatable bonds is 5. The number of esters is 1. The third-order valence-electron chi connectivity index (χ3n) is 4.19. The molecule has 0 aliphatic carbocycles. The summed E-state index contributed by atoms with van der Waals surface area (Å²) in [6.07, 6.45) is 1.81. The normalized spacial score (nSPS) is 11.8. The molecule has 138 valence electrons. The van der Waals surface area contributed by atoms with Crippen LogP contribution in [0.15, 0.2) is 48.7 Å². The molecule has 2 aromatic carbocycles. The van der Waals surface area contributed by atoms with Gasteiger partial charge in [0.05, 0.1) is 23.8 Å². The minimum Gasteiger partial charge on any atom is -0.467 e. The molecule has 1 heterocycles. The standard InChI is InChI=1S/C21H21N3O3/c1-13-8-14(2)10-15(9-13)20(25)24-19(21(26)27-3)11-16-12-22-17-6-4-5-7-18(17)23-16/h4-10,12,19H,11H2,1-3H3,(H,24,25)/t19-/m1/s1. The molecule has 0 saturated carbocycles. The number of fused-ring (bicyclic) bond motifs is 1. The Hall–Kier alpha value is -3.28. The third-order valence-corrected chi connectivity index (χ3v) is 4.19. The van der Waals surface area contributed by atoms with Crippen molar-refractivity contribution in [1.82, 2.24) is 15.3 Å². The van der Waals surface area contributed by atoms with Gasteiger partial charge in [0.25, 0.3) is 5.91 Å².